The summed E-state index contributed by atoms with van der Waals surface area (Å²) in [6.45, 7) is 1.41. The van der Waals surface area contributed by atoms with Gasteiger partial charge in [-0.2, -0.15) is 0 Å². The molecule has 1 heterocycles. The van der Waals surface area contributed by atoms with Gasteiger partial charge in [0.25, 0.3) is 11.8 Å². The average Bonchev–Trinajstić information content (AvgIpc) is 3.22. The molecule has 0 unspecified atom stereocenters. The number of anilines is 1. The van der Waals surface area contributed by atoms with E-state index in [-0.39, 0.29) is 29.5 Å². The maximum atomic E-state index is 13.1. The van der Waals surface area contributed by atoms with Crippen LogP contribution >= 0.6 is 23.2 Å². The predicted molar refractivity (Wildman–Crippen MR) is 114 cm³/mol. The maximum absolute atomic E-state index is 13.1. The van der Waals surface area contributed by atoms with Crippen molar-refractivity contribution in [1.82, 2.24) is 10.2 Å². The molecule has 3 rings (SSSR count). The van der Waals surface area contributed by atoms with Gasteiger partial charge < -0.3 is 15.5 Å². The van der Waals surface area contributed by atoms with Gasteiger partial charge in [0.1, 0.15) is 5.82 Å². The Balaban J connectivity index is 1.58. The Hall–Kier alpha value is -2.64. The summed E-state index contributed by atoms with van der Waals surface area (Å²) in [4.78, 5) is 38.9. The zero-order valence-corrected chi connectivity index (χ0v) is 17.5. The number of rotatable bonds is 6. The third kappa shape index (κ3) is 5.49. The van der Waals surface area contributed by atoms with Crippen LogP contribution in [0.4, 0.5) is 10.1 Å². The predicted octanol–water partition coefficient (Wildman–Crippen LogP) is 4.13. The third-order valence-corrected chi connectivity index (χ3v) is 5.24. The van der Waals surface area contributed by atoms with E-state index in [2.05, 4.69) is 10.6 Å². The van der Waals surface area contributed by atoms with Crippen LogP contribution in [0.25, 0.3) is 0 Å². The molecule has 0 saturated carbocycles. The molecule has 158 valence electrons. The first-order valence-electron chi connectivity index (χ1n) is 9.47. The highest BCUT2D eigenvalue weighted by Crippen LogP contribution is 2.24. The first-order chi connectivity index (χ1) is 14.3. The second-order valence-corrected chi connectivity index (χ2v) is 7.71. The summed E-state index contributed by atoms with van der Waals surface area (Å²) in [5, 5.41) is 5.63. The SMILES string of the molecule is O=C(CCNC(=O)c1ccc(F)cc1Cl)Nc1cc(Cl)ccc1C(=O)N1CCCC1. The summed E-state index contributed by atoms with van der Waals surface area (Å²) in [6, 6.07) is 8.17. The van der Waals surface area contributed by atoms with Crippen LogP contribution in [0.1, 0.15) is 40.0 Å². The molecule has 2 aromatic carbocycles. The lowest BCUT2D eigenvalue weighted by atomic mass is 10.1. The maximum Gasteiger partial charge on any atom is 0.255 e. The Labute approximate surface area is 183 Å². The van der Waals surface area contributed by atoms with E-state index in [1.54, 1.807) is 17.0 Å². The van der Waals surface area contributed by atoms with Crippen LogP contribution in [0.15, 0.2) is 36.4 Å². The van der Waals surface area contributed by atoms with E-state index in [1.165, 1.54) is 12.1 Å². The smallest absolute Gasteiger partial charge is 0.255 e. The van der Waals surface area contributed by atoms with E-state index in [9.17, 15) is 18.8 Å². The number of halogens is 3. The minimum absolute atomic E-state index is 0.0130. The Morgan fingerprint density at radius 1 is 1.00 bits per heavy atom. The van der Waals surface area contributed by atoms with Crippen LogP contribution < -0.4 is 10.6 Å². The fraction of sp³-hybridized carbons (Fsp3) is 0.286. The van der Waals surface area contributed by atoms with Crippen LogP contribution in [0.2, 0.25) is 10.0 Å². The van der Waals surface area contributed by atoms with Crippen molar-refractivity contribution >= 4 is 46.6 Å². The first kappa shape index (κ1) is 22.1. The molecule has 3 amide bonds. The van der Waals surface area contributed by atoms with Crippen LogP contribution in [-0.2, 0) is 4.79 Å². The zero-order valence-electron chi connectivity index (χ0n) is 16.0. The summed E-state index contributed by atoms with van der Waals surface area (Å²) in [6.07, 6.45) is 1.88. The summed E-state index contributed by atoms with van der Waals surface area (Å²) in [7, 11) is 0. The normalized spacial score (nSPS) is 13.2. The second-order valence-electron chi connectivity index (χ2n) is 6.87. The molecule has 0 radical (unpaired) electrons. The first-order valence-corrected chi connectivity index (χ1v) is 10.2. The highest BCUT2D eigenvalue weighted by atomic mass is 35.5. The minimum Gasteiger partial charge on any atom is -0.351 e. The van der Waals surface area contributed by atoms with Crippen molar-refractivity contribution in [2.45, 2.75) is 19.3 Å². The van der Waals surface area contributed by atoms with E-state index in [0.717, 1.165) is 25.0 Å². The molecular weight excluding hydrogens is 432 g/mol. The van der Waals surface area contributed by atoms with Gasteiger partial charge in [0.15, 0.2) is 0 Å². The van der Waals surface area contributed by atoms with E-state index in [0.29, 0.717) is 29.4 Å². The number of amides is 3. The standard InChI is InChI=1S/C21H20Cl2FN3O3/c22-13-3-5-16(21(30)27-9-1-2-10-27)18(11-13)26-19(28)7-8-25-20(29)15-6-4-14(24)12-17(15)23/h3-6,11-12H,1-2,7-10H2,(H,25,29)(H,26,28). The number of carbonyl (C=O) groups excluding carboxylic acids is 3. The number of benzene rings is 2. The molecule has 0 bridgehead atoms. The highest BCUT2D eigenvalue weighted by molar-refractivity contribution is 6.33. The molecule has 0 spiro atoms. The molecule has 9 heteroatoms. The zero-order chi connectivity index (χ0) is 21.7. The number of nitrogens with zero attached hydrogens (tertiary/aromatic N) is 1. The Morgan fingerprint density at radius 3 is 2.40 bits per heavy atom. The lowest BCUT2D eigenvalue weighted by Gasteiger charge is -2.18. The number of carbonyl (C=O) groups is 3. The third-order valence-electron chi connectivity index (χ3n) is 4.69. The van der Waals surface area contributed by atoms with Gasteiger partial charge in [0.05, 0.1) is 21.8 Å². The van der Waals surface area contributed by atoms with Crippen LogP contribution in [0.5, 0.6) is 0 Å². The Bertz CT molecular complexity index is 978. The van der Waals surface area contributed by atoms with Crippen molar-refractivity contribution in [3.05, 3.63) is 63.4 Å². The van der Waals surface area contributed by atoms with Crippen LogP contribution in [-0.4, -0.2) is 42.3 Å². The number of nitrogens with one attached hydrogen (secondary N) is 2. The van der Waals surface area contributed by atoms with Crippen molar-refractivity contribution in [2.24, 2.45) is 0 Å². The van der Waals surface area contributed by atoms with E-state index in [4.69, 9.17) is 23.2 Å². The molecule has 0 aliphatic carbocycles. The number of likely N-dealkylation sites (tertiary alicyclic amines) is 1. The van der Waals surface area contributed by atoms with E-state index in [1.807, 2.05) is 0 Å². The minimum atomic E-state index is -0.545. The quantitative estimate of drug-likeness (QED) is 0.692. The van der Waals surface area contributed by atoms with Gasteiger partial charge in [-0.05, 0) is 49.2 Å². The van der Waals surface area contributed by atoms with Crippen molar-refractivity contribution in [3.8, 4) is 0 Å². The Kier molecular flexibility index (Phi) is 7.29. The highest BCUT2D eigenvalue weighted by Gasteiger charge is 2.22. The molecule has 30 heavy (non-hydrogen) atoms. The molecule has 2 aromatic rings. The molecule has 0 atom stereocenters. The van der Waals surface area contributed by atoms with Crippen molar-refractivity contribution < 1.29 is 18.8 Å². The molecular formula is C21H20Cl2FN3O3. The van der Waals surface area contributed by atoms with Gasteiger partial charge in [-0.25, -0.2) is 4.39 Å². The van der Waals surface area contributed by atoms with E-state index < -0.39 is 17.6 Å². The van der Waals surface area contributed by atoms with Gasteiger partial charge in [-0.3, -0.25) is 14.4 Å². The van der Waals surface area contributed by atoms with Gasteiger partial charge in [0.2, 0.25) is 5.91 Å². The van der Waals surface area contributed by atoms with Gasteiger partial charge in [-0.15, -0.1) is 0 Å². The molecule has 1 aliphatic heterocycles. The molecule has 0 aromatic heterocycles. The largest absolute Gasteiger partial charge is 0.351 e. The van der Waals surface area contributed by atoms with Crippen LogP contribution in [0.3, 0.4) is 0 Å². The molecule has 1 aliphatic rings. The van der Waals surface area contributed by atoms with Gasteiger partial charge in [-0.1, -0.05) is 23.2 Å². The Morgan fingerprint density at radius 2 is 1.70 bits per heavy atom. The summed E-state index contributed by atoms with van der Waals surface area (Å²) in [5.74, 6) is -1.60. The molecule has 1 saturated heterocycles. The summed E-state index contributed by atoms with van der Waals surface area (Å²) >= 11 is 11.9. The molecule has 2 N–H and O–H groups in total. The lowest BCUT2D eigenvalue weighted by molar-refractivity contribution is -0.116. The topological polar surface area (TPSA) is 78.5 Å². The van der Waals surface area contributed by atoms with Crippen molar-refractivity contribution in [2.75, 3.05) is 25.0 Å². The fourth-order valence-corrected chi connectivity index (χ4v) is 3.59. The molecule has 1 fully saturated rings. The van der Waals surface area contributed by atoms with Crippen molar-refractivity contribution in [1.29, 1.82) is 0 Å². The average molecular weight is 452 g/mol. The second kappa shape index (κ2) is 9.91. The summed E-state index contributed by atoms with van der Waals surface area (Å²) < 4.78 is 13.1. The van der Waals surface area contributed by atoms with Gasteiger partial charge in [0, 0.05) is 31.1 Å². The monoisotopic (exact) mass is 451 g/mol. The fourth-order valence-electron chi connectivity index (χ4n) is 3.17. The van der Waals surface area contributed by atoms with Crippen LogP contribution in [0, 0.1) is 5.82 Å². The lowest BCUT2D eigenvalue weighted by Crippen LogP contribution is -2.30. The van der Waals surface area contributed by atoms with Crippen molar-refractivity contribution in [3.63, 3.8) is 0 Å². The summed E-state index contributed by atoms with van der Waals surface area (Å²) in [5.41, 5.74) is 0.820. The molecule has 6 nitrogen and oxygen atoms in total. The van der Waals surface area contributed by atoms with Gasteiger partial charge >= 0.3 is 0 Å². The number of hydrogen-bond acceptors (Lipinski definition) is 3. The number of hydrogen-bond donors (Lipinski definition) is 2. The van der Waals surface area contributed by atoms with E-state index >= 15 is 0 Å².